The predicted octanol–water partition coefficient (Wildman–Crippen LogP) is 1.60. The normalized spacial score (nSPS) is 17.5. The summed E-state index contributed by atoms with van der Waals surface area (Å²) in [6.45, 7) is 6.54. The molecule has 1 saturated heterocycles. The van der Waals surface area contributed by atoms with E-state index < -0.39 is 0 Å². The zero-order chi connectivity index (χ0) is 13.7. The minimum absolute atomic E-state index is 0.462. The van der Waals surface area contributed by atoms with Crippen molar-refractivity contribution in [2.45, 2.75) is 39.3 Å². The number of aryl methyl sites for hydroxylation is 2. The minimum Gasteiger partial charge on any atom is -0.381 e. The summed E-state index contributed by atoms with van der Waals surface area (Å²) < 4.78 is 5.36. The van der Waals surface area contributed by atoms with E-state index in [0.29, 0.717) is 6.04 Å². The van der Waals surface area contributed by atoms with Crippen molar-refractivity contribution in [2.75, 3.05) is 20.3 Å². The summed E-state index contributed by atoms with van der Waals surface area (Å²) >= 11 is 1.74. The van der Waals surface area contributed by atoms with Crippen molar-refractivity contribution in [3.05, 3.63) is 15.6 Å². The Morgan fingerprint density at radius 3 is 2.74 bits per heavy atom. The Kier molecular flexibility index (Phi) is 5.15. The molecule has 6 heteroatoms. The van der Waals surface area contributed by atoms with Crippen LogP contribution in [-0.4, -0.2) is 37.2 Å². The third kappa shape index (κ3) is 4.18. The van der Waals surface area contributed by atoms with E-state index in [0.717, 1.165) is 49.3 Å². The van der Waals surface area contributed by atoms with Crippen LogP contribution in [0.15, 0.2) is 4.99 Å². The van der Waals surface area contributed by atoms with Crippen LogP contribution in [0.3, 0.4) is 0 Å². The zero-order valence-corrected chi connectivity index (χ0v) is 12.6. The maximum Gasteiger partial charge on any atom is 0.191 e. The van der Waals surface area contributed by atoms with Gasteiger partial charge in [0.2, 0.25) is 0 Å². The van der Waals surface area contributed by atoms with Crippen LogP contribution in [0.4, 0.5) is 0 Å². The lowest BCUT2D eigenvalue weighted by Crippen LogP contribution is -2.45. The molecule has 0 bridgehead atoms. The second-order valence-electron chi connectivity index (χ2n) is 4.70. The number of thiazole rings is 1. The van der Waals surface area contributed by atoms with Gasteiger partial charge in [-0.1, -0.05) is 0 Å². The van der Waals surface area contributed by atoms with Crippen LogP contribution in [0, 0.1) is 13.8 Å². The molecule has 0 aliphatic carbocycles. The van der Waals surface area contributed by atoms with Crippen LogP contribution >= 0.6 is 11.3 Å². The smallest absolute Gasteiger partial charge is 0.191 e. The van der Waals surface area contributed by atoms with Crippen LogP contribution < -0.4 is 10.6 Å². The van der Waals surface area contributed by atoms with E-state index >= 15 is 0 Å². The second kappa shape index (κ2) is 6.86. The molecular formula is C13H22N4OS. The fourth-order valence-corrected chi connectivity index (χ4v) is 3.01. The van der Waals surface area contributed by atoms with Crippen molar-refractivity contribution < 1.29 is 4.74 Å². The molecule has 1 aliphatic rings. The van der Waals surface area contributed by atoms with Gasteiger partial charge in [0.1, 0.15) is 0 Å². The van der Waals surface area contributed by atoms with Crippen LogP contribution in [0.2, 0.25) is 0 Å². The third-order valence-electron chi connectivity index (χ3n) is 3.20. The van der Waals surface area contributed by atoms with Gasteiger partial charge in [-0.05, 0) is 26.7 Å². The Morgan fingerprint density at radius 2 is 2.16 bits per heavy atom. The van der Waals surface area contributed by atoms with Crippen LogP contribution in [0.1, 0.15) is 28.4 Å². The van der Waals surface area contributed by atoms with Gasteiger partial charge in [0.15, 0.2) is 5.96 Å². The number of nitrogens with zero attached hydrogens (tertiary/aromatic N) is 2. The lowest BCUT2D eigenvalue weighted by molar-refractivity contribution is 0.0822. The van der Waals surface area contributed by atoms with Crippen molar-refractivity contribution in [1.29, 1.82) is 0 Å². The molecule has 0 radical (unpaired) electrons. The molecule has 5 nitrogen and oxygen atoms in total. The van der Waals surface area contributed by atoms with E-state index in [1.54, 1.807) is 18.4 Å². The number of aliphatic imine (C=N–C) groups is 1. The first kappa shape index (κ1) is 14.3. The fraction of sp³-hybridized carbons (Fsp3) is 0.692. The van der Waals surface area contributed by atoms with Crippen molar-refractivity contribution in [3.8, 4) is 0 Å². The monoisotopic (exact) mass is 282 g/mol. The van der Waals surface area contributed by atoms with Crippen molar-refractivity contribution in [2.24, 2.45) is 4.99 Å². The van der Waals surface area contributed by atoms with Gasteiger partial charge in [-0.25, -0.2) is 4.98 Å². The van der Waals surface area contributed by atoms with E-state index in [1.807, 2.05) is 6.92 Å². The van der Waals surface area contributed by atoms with Crippen molar-refractivity contribution >= 4 is 17.3 Å². The van der Waals surface area contributed by atoms with Gasteiger partial charge in [0.25, 0.3) is 0 Å². The Labute approximate surface area is 118 Å². The maximum atomic E-state index is 5.36. The Bertz CT molecular complexity index is 438. The molecular weight excluding hydrogens is 260 g/mol. The molecule has 0 amide bonds. The van der Waals surface area contributed by atoms with E-state index in [9.17, 15) is 0 Å². The number of aromatic nitrogens is 1. The quantitative estimate of drug-likeness (QED) is 0.653. The Morgan fingerprint density at radius 1 is 1.42 bits per heavy atom. The predicted molar refractivity (Wildman–Crippen MR) is 78.8 cm³/mol. The molecule has 1 aromatic heterocycles. The van der Waals surface area contributed by atoms with E-state index in [1.165, 1.54) is 4.88 Å². The van der Waals surface area contributed by atoms with Gasteiger partial charge >= 0.3 is 0 Å². The first-order chi connectivity index (χ1) is 9.19. The van der Waals surface area contributed by atoms with Crippen molar-refractivity contribution in [3.63, 3.8) is 0 Å². The molecule has 1 aromatic rings. The highest BCUT2D eigenvalue weighted by Crippen LogP contribution is 2.16. The van der Waals surface area contributed by atoms with E-state index in [4.69, 9.17) is 4.74 Å². The molecule has 0 spiro atoms. The number of guanidine groups is 1. The maximum absolute atomic E-state index is 5.36. The van der Waals surface area contributed by atoms with Crippen LogP contribution in [-0.2, 0) is 11.3 Å². The van der Waals surface area contributed by atoms with Gasteiger partial charge in [-0.15, -0.1) is 11.3 Å². The van der Waals surface area contributed by atoms with E-state index in [2.05, 4.69) is 27.5 Å². The van der Waals surface area contributed by atoms with Gasteiger partial charge in [0.05, 0.1) is 17.2 Å². The summed E-state index contributed by atoms with van der Waals surface area (Å²) in [5, 5.41) is 7.91. The zero-order valence-electron chi connectivity index (χ0n) is 11.8. The van der Waals surface area contributed by atoms with Gasteiger partial charge in [-0.2, -0.15) is 0 Å². The topological polar surface area (TPSA) is 58.5 Å². The molecule has 2 rings (SSSR count). The molecule has 19 heavy (non-hydrogen) atoms. The summed E-state index contributed by atoms with van der Waals surface area (Å²) in [6, 6.07) is 0.462. The summed E-state index contributed by atoms with van der Waals surface area (Å²) in [5.41, 5.74) is 1.11. The molecule has 0 aromatic carbocycles. The largest absolute Gasteiger partial charge is 0.381 e. The van der Waals surface area contributed by atoms with Crippen LogP contribution in [0.5, 0.6) is 0 Å². The summed E-state index contributed by atoms with van der Waals surface area (Å²) in [7, 11) is 1.80. The molecule has 0 atom stereocenters. The standard InChI is InChI=1S/C13H22N4OS/c1-9-12(19-10(2)16-9)8-15-13(14-3)17-11-4-6-18-7-5-11/h11H,4-8H2,1-3H3,(H2,14,15,17). The number of rotatable bonds is 3. The molecule has 2 N–H and O–H groups in total. The minimum atomic E-state index is 0.462. The Balaban J connectivity index is 1.84. The summed E-state index contributed by atoms with van der Waals surface area (Å²) in [4.78, 5) is 9.97. The average molecular weight is 282 g/mol. The molecule has 1 fully saturated rings. The highest BCUT2D eigenvalue weighted by atomic mass is 32.1. The average Bonchev–Trinajstić information content (AvgIpc) is 2.74. The number of hydrogen-bond donors (Lipinski definition) is 2. The molecule has 106 valence electrons. The van der Waals surface area contributed by atoms with Gasteiger partial charge < -0.3 is 15.4 Å². The SMILES string of the molecule is CN=C(NCc1sc(C)nc1C)NC1CCOCC1. The molecule has 0 unspecified atom stereocenters. The number of nitrogens with one attached hydrogen (secondary N) is 2. The lowest BCUT2D eigenvalue weighted by atomic mass is 10.1. The highest BCUT2D eigenvalue weighted by molar-refractivity contribution is 7.11. The van der Waals surface area contributed by atoms with Gasteiger partial charge in [-0.3, -0.25) is 4.99 Å². The van der Waals surface area contributed by atoms with Crippen molar-refractivity contribution in [1.82, 2.24) is 15.6 Å². The van der Waals surface area contributed by atoms with Crippen LogP contribution in [0.25, 0.3) is 0 Å². The van der Waals surface area contributed by atoms with Gasteiger partial charge in [0, 0.05) is 31.2 Å². The Hall–Kier alpha value is -1.14. The first-order valence-corrected chi connectivity index (χ1v) is 7.48. The first-order valence-electron chi connectivity index (χ1n) is 6.67. The third-order valence-corrected chi connectivity index (χ3v) is 4.27. The summed E-state index contributed by atoms with van der Waals surface area (Å²) in [6.07, 6.45) is 2.08. The second-order valence-corrected chi connectivity index (χ2v) is 5.99. The summed E-state index contributed by atoms with van der Waals surface area (Å²) in [5.74, 6) is 0.859. The van der Waals surface area contributed by atoms with E-state index in [-0.39, 0.29) is 0 Å². The fourth-order valence-electron chi connectivity index (χ4n) is 2.13. The molecule has 0 saturated carbocycles. The lowest BCUT2D eigenvalue weighted by Gasteiger charge is -2.25. The molecule has 1 aliphatic heterocycles. The number of ether oxygens (including phenoxy) is 1. The highest BCUT2D eigenvalue weighted by Gasteiger charge is 2.15. The molecule has 2 heterocycles. The number of hydrogen-bond acceptors (Lipinski definition) is 4.